The predicted molar refractivity (Wildman–Crippen MR) is 120 cm³/mol. The lowest BCUT2D eigenvalue weighted by Gasteiger charge is -2.24. The van der Waals surface area contributed by atoms with Crippen molar-refractivity contribution in [3.05, 3.63) is 70.8 Å². The van der Waals surface area contributed by atoms with E-state index in [9.17, 15) is 14.7 Å². The van der Waals surface area contributed by atoms with Crippen LogP contribution in [-0.2, 0) is 0 Å². The molecule has 2 aromatic carbocycles. The summed E-state index contributed by atoms with van der Waals surface area (Å²) < 4.78 is 0. The Balaban J connectivity index is 1.32. The first kappa shape index (κ1) is 21.4. The zero-order valence-electron chi connectivity index (χ0n) is 18.3. The van der Waals surface area contributed by atoms with Crippen LogP contribution in [0.4, 0.5) is 4.79 Å². The first-order valence-electron chi connectivity index (χ1n) is 11.0. The molecule has 0 bridgehead atoms. The van der Waals surface area contributed by atoms with Crippen LogP contribution in [0.25, 0.3) is 0 Å². The van der Waals surface area contributed by atoms with Gasteiger partial charge in [0.15, 0.2) is 0 Å². The molecule has 2 heterocycles. The van der Waals surface area contributed by atoms with Crippen molar-refractivity contribution in [2.75, 3.05) is 32.7 Å². The highest BCUT2D eigenvalue weighted by atomic mass is 16.4. The van der Waals surface area contributed by atoms with Crippen LogP contribution in [0.1, 0.15) is 39.5 Å². The summed E-state index contributed by atoms with van der Waals surface area (Å²) >= 11 is 0. The van der Waals surface area contributed by atoms with Crippen LogP contribution in [-0.4, -0.2) is 59.6 Å². The Kier molecular flexibility index (Phi) is 6.28. The zero-order valence-corrected chi connectivity index (χ0v) is 18.3. The quantitative estimate of drug-likeness (QED) is 0.746. The molecule has 0 saturated carbocycles. The van der Waals surface area contributed by atoms with E-state index in [1.54, 1.807) is 0 Å². The third-order valence-electron chi connectivity index (χ3n) is 6.70. The van der Waals surface area contributed by atoms with Crippen LogP contribution in [0.2, 0.25) is 0 Å². The molecule has 2 aliphatic rings. The Bertz CT molecular complexity index is 932. The average molecular weight is 422 g/mol. The Hall–Kier alpha value is -2.86. The maximum atomic E-state index is 13.0. The van der Waals surface area contributed by atoms with Crippen LogP contribution in [0.15, 0.2) is 48.5 Å². The number of carboxylic acid groups (broad SMARTS) is 1. The molecule has 0 aromatic heterocycles. The molecule has 6 heteroatoms. The Morgan fingerprint density at radius 1 is 1.03 bits per heavy atom. The van der Waals surface area contributed by atoms with E-state index in [1.165, 1.54) is 5.56 Å². The van der Waals surface area contributed by atoms with E-state index in [4.69, 9.17) is 0 Å². The molecule has 31 heavy (non-hydrogen) atoms. The van der Waals surface area contributed by atoms with Crippen LogP contribution in [0, 0.1) is 25.7 Å². The predicted octanol–water partition coefficient (Wildman–Crippen LogP) is 3.71. The van der Waals surface area contributed by atoms with Crippen LogP contribution in [0.3, 0.4) is 0 Å². The number of likely N-dealkylation sites (tertiary alicyclic amines) is 2. The minimum Gasteiger partial charge on any atom is -0.465 e. The Morgan fingerprint density at radius 2 is 1.71 bits per heavy atom. The molecule has 2 aromatic rings. The van der Waals surface area contributed by atoms with Gasteiger partial charge in [0.05, 0.1) is 6.04 Å². The van der Waals surface area contributed by atoms with Crippen molar-refractivity contribution in [1.82, 2.24) is 15.1 Å². The number of nitrogens with one attached hydrogen (secondary N) is 1. The molecular formula is C25H31N3O3. The van der Waals surface area contributed by atoms with Crippen LogP contribution < -0.4 is 5.32 Å². The number of aryl methyl sites for hydroxylation is 2. The topological polar surface area (TPSA) is 72.9 Å². The van der Waals surface area contributed by atoms with Gasteiger partial charge in [0.25, 0.3) is 5.91 Å². The summed E-state index contributed by atoms with van der Waals surface area (Å²) in [7, 11) is 0. The lowest BCUT2D eigenvalue weighted by atomic mass is 10.0. The highest BCUT2D eigenvalue weighted by molar-refractivity contribution is 5.96. The molecule has 0 radical (unpaired) electrons. The zero-order chi connectivity index (χ0) is 22.0. The second kappa shape index (κ2) is 9.10. The molecule has 164 valence electrons. The van der Waals surface area contributed by atoms with E-state index in [1.807, 2.05) is 61.2 Å². The van der Waals surface area contributed by atoms with Gasteiger partial charge in [0, 0.05) is 38.3 Å². The second-order valence-corrected chi connectivity index (χ2v) is 9.01. The van der Waals surface area contributed by atoms with Gasteiger partial charge >= 0.3 is 6.09 Å². The van der Waals surface area contributed by atoms with Gasteiger partial charge in [0.1, 0.15) is 0 Å². The molecule has 3 atom stereocenters. The normalized spacial score (nSPS) is 21.7. The minimum atomic E-state index is -0.993. The van der Waals surface area contributed by atoms with Crippen LogP contribution in [0.5, 0.6) is 0 Å². The fraction of sp³-hybridized carbons (Fsp3) is 0.440. The summed E-state index contributed by atoms with van der Waals surface area (Å²) in [5, 5.41) is 11.9. The first-order chi connectivity index (χ1) is 14.9. The lowest BCUT2D eigenvalue weighted by Crippen LogP contribution is -2.35. The van der Waals surface area contributed by atoms with E-state index in [0.29, 0.717) is 11.8 Å². The number of carbonyl (C=O) groups excluding carboxylic acids is 1. The molecule has 2 saturated heterocycles. The molecule has 0 spiro atoms. The Morgan fingerprint density at radius 3 is 2.32 bits per heavy atom. The monoisotopic (exact) mass is 421 g/mol. The molecule has 4 rings (SSSR count). The van der Waals surface area contributed by atoms with Gasteiger partial charge < -0.3 is 20.2 Å². The number of nitrogens with zero attached hydrogens (tertiary/aromatic N) is 2. The van der Waals surface area contributed by atoms with Gasteiger partial charge in [-0.05, 0) is 49.3 Å². The molecular weight excluding hydrogens is 390 g/mol. The molecule has 2 amide bonds. The van der Waals surface area contributed by atoms with Gasteiger partial charge in [-0.2, -0.15) is 0 Å². The summed E-state index contributed by atoms with van der Waals surface area (Å²) in [4.78, 5) is 28.7. The van der Waals surface area contributed by atoms with E-state index in [0.717, 1.165) is 55.8 Å². The summed E-state index contributed by atoms with van der Waals surface area (Å²) in [5.41, 5.74) is 4.03. The SMILES string of the molecule is Cc1ccc(C(=O)N2CC3CN(CCC(NC(=O)O)c4ccccc4)C[C@H]3C2)c(C)c1. The number of hydrogen-bond donors (Lipinski definition) is 2. The van der Waals surface area contributed by atoms with Crippen molar-refractivity contribution < 1.29 is 14.7 Å². The van der Waals surface area contributed by atoms with E-state index < -0.39 is 6.09 Å². The number of fused-ring (bicyclic) bond motifs is 1. The molecule has 6 nitrogen and oxygen atoms in total. The van der Waals surface area contributed by atoms with Crippen molar-refractivity contribution >= 4 is 12.0 Å². The first-order valence-corrected chi connectivity index (χ1v) is 11.0. The summed E-state index contributed by atoms with van der Waals surface area (Å²) in [6, 6.07) is 15.6. The van der Waals surface area contributed by atoms with Crippen molar-refractivity contribution in [1.29, 1.82) is 0 Å². The average Bonchev–Trinajstić information content (AvgIpc) is 3.30. The van der Waals surface area contributed by atoms with Gasteiger partial charge in [-0.15, -0.1) is 0 Å². The molecule has 0 aliphatic carbocycles. The lowest BCUT2D eigenvalue weighted by molar-refractivity contribution is 0.0773. The maximum Gasteiger partial charge on any atom is 0.405 e. The van der Waals surface area contributed by atoms with E-state index in [-0.39, 0.29) is 11.9 Å². The van der Waals surface area contributed by atoms with Crippen molar-refractivity contribution in [3.63, 3.8) is 0 Å². The number of hydrogen-bond acceptors (Lipinski definition) is 3. The van der Waals surface area contributed by atoms with Gasteiger partial charge in [-0.1, -0.05) is 48.0 Å². The number of benzene rings is 2. The minimum absolute atomic E-state index is 0.147. The highest BCUT2D eigenvalue weighted by Gasteiger charge is 2.41. The molecule has 2 N–H and O–H groups in total. The van der Waals surface area contributed by atoms with Crippen molar-refractivity contribution in [3.8, 4) is 0 Å². The maximum absolute atomic E-state index is 13.0. The fourth-order valence-corrected chi connectivity index (χ4v) is 5.13. The van der Waals surface area contributed by atoms with E-state index in [2.05, 4.69) is 16.3 Å². The second-order valence-electron chi connectivity index (χ2n) is 9.01. The van der Waals surface area contributed by atoms with Gasteiger partial charge in [-0.25, -0.2) is 4.79 Å². The third kappa shape index (κ3) is 4.90. The molecule has 2 aliphatic heterocycles. The standard InChI is InChI=1S/C25H31N3O3/c1-17-8-9-22(18(2)12-17)24(29)28-15-20-13-27(14-21(20)16-28)11-10-23(26-25(30)31)19-6-4-3-5-7-19/h3-9,12,20-21,23,26H,10-11,13-16H2,1-2H3,(H,30,31)/t20-,21?,23?/m0/s1. The summed E-state index contributed by atoms with van der Waals surface area (Å²) in [6.07, 6.45) is -0.256. The summed E-state index contributed by atoms with van der Waals surface area (Å²) in [6.45, 7) is 8.45. The van der Waals surface area contributed by atoms with Crippen LogP contribution >= 0.6 is 0 Å². The fourth-order valence-electron chi connectivity index (χ4n) is 5.13. The highest BCUT2D eigenvalue weighted by Crippen LogP contribution is 2.33. The number of carbonyl (C=O) groups is 2. The molecule has 2 unspecified atom stereocenters. The van der Waals surface area contributed by atoms with Crippen molar-refractivity contribution in [2.24, 2.45) is 11.8 Å². The van der Waals surface area contributed by atoms with Gasteiger partial charge in [-0.3, -0.25) is 4.79 Å². The largest absolute Gasteiger partial charge is 0.465 e. The number of amides is 2. The van der Waals surface area contributed by atoms with Crippen molar-refractivity contribution in [2.45, 2.75) is 26.3 Å². The summed E-state index contributed by atoms with van der Waals surface area (Å²) in [5.74, 6) is 1.14. The molecule has 2 fully saturated rings. The third-order valence-corrected chi connectivity index (χ3v) is 6.70. The Labute approximate surface area is 183 Å². The smallest absolute Gasteiger partial charge is 0.405 e. The van der Waals surface area contributed by atoms with Gasteiger partial charge in [0.2, 0.25) is 0 Å². The van der Waals surface area contributed by atoms with E-state index >= 15 is 0 Å². The number of rotatable bonds is 6.